The van der Waals surface area contributed by atoms with E-state index in [9.17, 15) is 4.39 Å². The summed E-state index contributed by atoms with van der Waals surface area (Å²) in [6.45, 7) is 4.52. The Morgan fingerprint density at radius 3 is 2.94 bits per heavy atom. The second-order valence-electron chi connectivity index (χ2n) is 4.67. The summed E-state index contributed by atoms with van der Waals surface area (Å²) in [5.74, 6) is -0.354. The third-order valence-electron chi connectivity index (χ3n) is 2.96. The lowest BCUT2D eigenvalue weighted by atomic mass is 10.1. The minimum atomic E-state index is -0.354. The fourth-order valence-corrected chi connectivity index (χ4v) is 2.73. The van der Waals surface area contributed by atoms with Crippen molar-refractivity contribution in [2.75, 3.05) is 18.4 Å². The van der Waals surface area contributed by atoms with Crippen molar-refractivity contribution in [2.24, 2.45) is 0 Å². The Bertz CT molecular complexity index is 418. The van der Waals surface area contributed by atoms with Crippen molar-refractivity contribution in [1.29, 1.82) is 0 Å². The van der Waals surface area contributed by atoms with Gasteiger partial charge in [-0.25, -0.2) is 4.39 Å². The monoisotopic (exact) mass is 335 g/mol. The number of rotatable bonds is 3. The first-order valence-electron chi connectivity index (χ1n) is 5.96. The highest BCUT2D eigenvalue weighted by Crippen LogP contribution is 2.19. The van der Waals surface area contributed by atoms with Gasteiger partial charge in [-0.05, 0) is 24.6 Å². The number of halogens is 3. The lowest BCUT2D eigenvalue weighted by Gasteiger charge is -2.36. The van der Waals surface area contributed by atoms with E-state index >= 15 is 0 Å². The van der Waals surface area contributed by atoms with Crippen LogP contribution in [0.1, 0.15) is 12.5 Å². The molecule has 0 radical (unpaired) electrons. The summed E-state index contributed by atoms with van der Waals surface area (Å²) in [7, 11) is 0. The summed E-state index contributed by atoms with van der Waals surface area (Å²) in [5, 5.41) is 0.996. The molecular weight excluding hydrogens is 321 g/mol. The van der Waals surface area contributed by atoms with Gasteiger partial charge in [-0.3, -0.25) is 4.90 Å². The summed E-state index contributed by atoms with van der Waals surface area (Å²) in [6, 6.07) is 4.98. The van der Waals surface area contributed by atoms with Crippen molar-refractivity contribution >= 4 is 27.5 Å². The molecule has 1 fully saturated rings. The molecule has 0 aromatic heterocycles. The Morgan fingerprint density at radius 2 is 2.28 bits per heavy atom. The Kier molecular flexibility index (Phi) is 5.01. The zero-order valence-electron chi connectivity index (χ0n) is 10.2. The molecule has 1 aliphatic rings. The highest BCUT2D eigenvalue weighted by molar-refractivity contribution is 9.09. The number of morpholine rings is 1. The molecule has 1 aromatic carbocycles. The highest BCUT2D eigenvalue weighted by Gasteiger charge is 2.24. The van der Waals surface area contributed by atoms with Gasteiger partial charge in [-0.2, -0.15) is 0 Å². The first-order valence-corrected chi connectivity index (χ1v) is 7.46. The standard InChI is InChI=1S/C13H16BrClFNO/c1-9-6-17(8-11(5-14)18-9)7-10-2-3-12(15)13(16)4-10/h2-4,9,11H,5-8H2,1H3. The molecule has 0 bridgehead atoms. The van der Waals surface area contributed by atoms with Crippen LogP contribution in [0.4, 0.5) is 4.39 Å². The molecule has 1 aliphatic heterocycles. The van der Waals surface area contributed by atoms with Gasteiger partial charge in [0.1, 0.15) is 5.82 Å². The normalized spacial score (nSPS) is 25.3. The van der Waals surface area contributed by atoms with Crippen molar-refractivity contribution < 1.29 is 9.13 Å². The van der Waals surface area contributed by atoms with Crippen molar-refractivity contribution in [3.8, 4) is 0 Å². The Hall–Kier alpha value is -0.160. The Labute approximate surface area is 120 Å². The van der Waals surface area contributed by atoms with Crippen LogP contribution in [0.15, 0.2) is 18.2 Å². The Balaban J connectivity index is 2.01. The molecule has 0 amide bonds. The van der Waals surface area contributed by atoms with Crippen molar-refractivity contribution in [3.05, 3.63) is 34.6 Å². The number of ether oxygens (including phenoxy) is 1. The summed E-state index contributed by atoms with van der Waals surface area (Å²) in [5.41, 5.74) is 0.944. The van der Waals surface area contributed by atoms with E-state index in [0.717, 1.165) is 30.5 Å². The molecule has 18 heavy (non-hydrogen) atoms. The smallest absolute Gasteiger partial charge is 0.142 e. The number of alkyl halides is 1. The van der Waals surface area contributed by atoms with E-state index in [-0.39, 0.29) is 23.0 Å². The van der Waals surface area contributed by atoms with E-state index in [1.54, 1.807) is 6.07 Å². The van der Waals surface area contributed by atoms with E-state index in [2.05, 4.69) is 27.8 Å². The minimum Gasteiger partial charge on any atom is -0.372 e. The number of nitrogens with zero attached hydrogens (tertiary/aromatic N) is 1. The topological polar surface area (TPSA) is 12.5 Å². The van der Waals surface area contributed by atoms with Gasteiger partial charge >= 0.3 is 0 Å². The summed E-state index contributed by atoms with van der Waals surface area (Å²) >= 11 is 9.12. The maximum atomic E-state index is 13.4. The minimum absolute atomic E-state index is 0.174. The van der Waals surface area contributed by atoms with Gasteiger partial charge in [-0.15, -0.1) is 0 Å². The molecule has 2 atom stereocenters. The van der Waals surface area contributed by atoms with Crippen molar-refractivity contribution in [2.45, 2.75) is 25.7 Å². The van der Waals surface area contributed by atoms with Gasteiger partial charge in [0.15, 0.2) is 0 Å². The summed E-state index contributed by atoms with van der Waals surface area (Å²) in [6.07, 6.45) is 0.407. The van der Waals surface area contributed by atoms with Gasteiger partial charge < -0.3 is 4.74 Å². The molecule has 2 rings (SSSR count). The van der Waals surface area contributed by atoms with Crippen LogP contribution in [0.25, 0.3) is 0 Å². The van der Waals surface area contributed by atoms with Crippen LogP contribution in [0.3, 0.4) is 0 Å². The molecule has 0 saturated carbocycles. The lowest BCUT2D eigenvalue weighted by molar-refractivity contribution is -0.0678. The molecule has 100 valence electrons. The number of benzene rings is 1. The second-order valence-corrected chi connectivity index (χ2v) is 5.72. The molecule has 1 aromatic rings. The maximum absolute atomic E-state index is 13.4. The van der Waals surface area contributed by atoms with Gasteiger partial charge in [0.25, 0.3) is 0 Å². The predicted molar refractivity (Wildman–Crippen MR) is 74.8 cm³/mol. The van der Waals surface area contributed by atoms with Crippen LogP contribution in [-0.4, -0.2) is 35.5 Å². The summed E-state index contributed by atoms with van der Waals surface area (Å²) in [4.78, 5) is 2.28. The fourth-order valence-electron chi connectivity index (χ4n) is 2.25. The van der Waals surface area contributed by atoms with E-state index < -0.39 is 0 Å². The number of hydrogen-bond donors (Lipinski definition) is 0. The van der Waals surface area contributed by atoms with Crippen LogP contribution in [-0.2, 0) is 11.3 Å². The van der Waals surface area contributed by atoms with Crippen LogP contribution in [0.5, 0.6) is 0 Å². The zero-order valence-corrected chi connectivity index (χ0v) is 12.5. The van der Waals surface area contributed by atoms with Gasteiger partial charge in [0.2, 0.25) is 0 Å². The first kappa shape index (κ1) is 14.3. The van der Waals surface area contributed by atoms with Crippen LogP contribution < -0.4 is 0 Å². The third kappa shape index (κ3) is 3.67. The SMILES string of the molecule is CC1CN(Cc2ccc(Cl)c(F)c2)CC(CBr)O1. The molecule has 1 saturated heterocycles. The van der Waals surface area contributed by atoms with Crippen LogP contribution in [0.2, 0.25) is 5.02 Å². The second kappa shape index (κ2) is 6.33. The van der Waals surface area contributed by atoms with Gasteiger partial charge in [0, 0.05) is 25.0 Å². The molecule has 0 aliphatic carbocycles. The maximum Gasteiger partial charge on any atom is 0.142 e. The van der Waals surface area contributed by atoms with E-state index in [0.29, 0.717) is 0 Å². The lowest BCUT2D eigenvalue weighted by Crippen LogP contribution is -2.46. The van der Waals surface area contributed by atoms with E-state index in [1.807, 2.05) is 6.07 Å². The van der Waals surface area contributed by atoms with Gasteiger partial charge in [0.05, 0.1) is 17.2 Å². The largest absolute Gasteiger partial charge is 0.372 e. The average Bonchev–Trinajstić information content (AvgIpc) is 2.33. The predicted octanol–water partition coefficient (Wildman–Crippen LogP) is 3.46. The molecule has 0 spiro atoms. The summed E-state index contributed by atoms with van der Waals surface area (Å²) < 4.78 is 19.1. The quantitative estimate of drug-likeness (QED) is 0.784. The first-order chi connectivity index (χ1) is 8.58. The third-order valence-corrected chi connectivity index (χ3v) is 3.99. The fraction of sp³-hybridized carbons (Fsp3) is 0.538. The Morgan fingerprint density at radius 1 is 1.50 bits per heavy atom. The molecule has 0 N–H and O–H groups in total. The van der Waals surface area contributed by atoms with E-state index in [1.165, 1.54) is 6.07 Å². The molecule has 2 nitrogen and oxygen atoms in total. The van der Waals surface area contributed by atoms with E-state index in [4.69, 9.17) is 16.3 Å². The van der Waals surface area contributed by atoms with Crippen molar-refractivity contribution in [1.82, 2.24) is 4.90 Å². The molecule has 5 heteroatoms. The molecule has 1 heterocycles. The van der Waals surface area contributed by atoms with Crippen LogP contribution >= 0.6 is 27.5 Å². The highest BCUT2D eigenvalue weighted by atomic mass is 79.9. The zero-order chi connectivity index (χ0) is 13.1. The molecular formula is C13H16BrClFNO. The molecule has 2 unspecified atom stereocenters. The van der Waals surface area contributed by atoms with Gasteiger partial charge in [-0.1, -0.05) is 33.6 Å². The van der Waals surface area contributed by atoms with Crippen LogP contribution in [0, 0.1) is 5.82 Å². The average molecular weight is 337 g/mol. The number of hydrogen-bond acceptors (Lipinski definition) is 2. The van der Waals surface area contributed by atoms with Crippen molar-refractivity contribution in [3.63, 3.8) is 0 Å².